The Morgan fingerprint density at radius 1 is 1.23 bits per heavy atom. The number of aromatic nitrogens is 2. The summed E-state index contributed by atoms with van der Waals surface area (Å²) in [7, 11) is 1.54. The number of hydrogen-bond donors (Lipinski definition) is 1. The number of carbonyl (C=O) groups excluding carboxylic acids is 2. The number of fused-ring (bicyclic) bond motifs is 1. The lowest BCUT2D eigenvalue weighted by Crippen LogP contribution is -2.36. The van der Waals surface area contributed by atoms with Gasteiger partial charge in [-0.3, -0.25) is 19.0 Å². The molecule has 2 heterocycles. The number of methoxy groups -OCH3 is 1. The van der Waals surface area contributed by atoms with Gasteiger partial charge in [-0.2, -0.15) is 0 Å². The van der Waals surface area contributed by atoms with E-state index < -0.39 is 0 Å². The SMILES string of the molecule is CCN(CC)C(=O)Cn1cnc2sc(C(=O)Nc3cc(C)ccc3OC)c(C)c2c1=O. The molecule has 3 aromatic rings. The Labute approximate surface area is 184 Å². The maximum atomic E-state index is 13.0. The third-order valence-corrected chi connectivity index (χ3v) is 6.35. The quantitative estimate of drug-likeness (QED) is 0.606. The number of anilines is 1. The van der Waals surface area contributed by atoms with Crippen LogP contribution in [0.25, 0.3) is 10.2 Å². The molecule has 2 aromatic heterocycles. The molecule has 0 aliphatic carbocycles. The van der Waals surface area contributed by atoms with Crippen molar-refractivity contribution in [2.75, 3.05) is 25.5 Å². The van der Waals surface area contributed by atoms with Gasteiger partial charge in [-0.1, -0.05) is 6.07 Å². The summed E-state index contributed by atoms with van der Waals surface area (Å²) in [5, 5.41) is 3.23. The first-order valence-corrected chi connectivity index (χ1v) is 10.8. The van der Waals surface area contributed by atoms with Crippen molar-refractivity contribution in [3.05, 3.63) is 50.9 Å². The van der Waals surface area contributed by atoms with Crippen LogP contribution in [-0.4, -0.2) is 46.5 Å². The van der Waals surface area contributed by atoms with Gasteiger partial charge in [0.1, 0.15) is 17.1 Å². The highest BCUT2D eigenvalue weighted by atomic mass is 32.1. The van der Waals surface area contributed by atoms with Gasteiger partial charge in [0.15, 0.2) is 0 Å². The molecule has 0 atom stereocenters. The van der Waals surface area contributed by atoms with Crippen molar-refractivity contribution >= 4 is 39.1 Å². The van der Waals surface area contributed by atoms with Crippen molar-refractivity contribution in [2.45, 2.75) is 34.2 Å². The Morgan fingerprint density at radius 3 is 2.58 bits per heavy atom. The minimum atomic E-state index is -0.338. The Hall–Kier alpha value is -3.20. The van der Waals surface area contributed by atoms with Crippen LogP contribution >= 0.6 is 11.3 Å². The van der Waals surface area contributed by atoms with E-state index in [0.29, 0.717) is 45.2 Å². The topological polar surface area (TPSA) is 93.5 Å². The fourth-order valence-electron chi connectivity index (χ4n) is 3.41. The van der Waals surface area contributed by atoms with Crippen molar-refractivity contribution in [1.82, 2.24) is 14.5 Å². The standard InChI is InChI=1S/C22H26N4O4S/c1-6-25(7-2)17(27)11-26-12-23-21-18(22(26)29)14(4)19(31-21)20(28)24-15-10-13(3)8-9-16(15)30-5/h8-10,12H,6-7,11H2,1-5H3,(H,24,28). The number of ether oxygens (including phenoxy) is 1. The lowest BCUT2D eigenvalue weighted by molar-refractivity contribution is -0.131. The van der Waals surface area contributed by atoms with Gasteiger partial charge in [-0.25, -0.2) is 4.98 Å². The van der Waals surface area contributed by atoms with Gasteiger partial charge >= 0.3 is 0 Å². The van der Waals surface area contributed by atoms with Crippen molar-refractivity contribution in [3.63, 3.8) is 0 Å². The number of nitrogens with one attached hydrogen (secondary N) is 1. The molecule has 0 aliphatic rings. The smallest absolute Gasteiger partial charge is 0.266 e. The lowest BCUT2D eigenvalue weighted by Gasteiger charge is -2.18. The molecule has 164 valence electrons. The van der Waals surface area contributed by atoms with Crippen LogP contribution in [0.1, 0.15) is 34.6 Å². The predicted octanol–water partition coefficient (Wildman–Crippen LogP) is 3.20. The second-order valence-corrected chi connectivity index (χ2v) is 8.14. The van der Waals surface area contributed by atoms with Gasteiger partial charge in [0, 0.05) is 13.1 Å². The highest BCUT2D eigenvalue weighted by molar-refractivity contribution is 7.20. The van der Waals surface area contributed by atoms with Gasteiger partial charge in [0.05, 0.1) is 29.4 Å². The predicted molar refractivity (Wildman–Crippen MR) is 122 cm³/mol. The van der Waals surface area contributed by atoms with Crippen LogP contribution in [0.4, 0.5) is 5.69 Å². The molecule has 0 bridgehead atoms. The van der Waals surface area contributed by atoms with Gasteiger partial charge in [0.2, 0.25) is 5.91 Å². The first-order valence-electron chi connectivity index (χ1n) is 10.0. The highest BCUT2D eigenvalue weighted by Crippen LogP contribution is 2.30. The van der Waals surface area contributed by atoms with E-state index in [2.05, 4.69) is 10.3 Å². The summed E-state index contributed by atoms with van der Waals surface area (Å²) in [6.07, 6.45) is 1.37. The summed E-state index contributed by atoms with van der Waals surface area (Å²) in [5.74, 6) is 0.0633. The van der Waals surface area contributed by atoms with Crippen LogP contribution in [0.5, 0.6) is 5.75 Å². The average Bonchev–Trinajstić information content (AvgIpc) is 3.08. The number of aryl methyl sites for hydroxylation is 2. The van der Waals surface area contributed by atoms with Gasteiger partial charge < -0.3 is 15.0 Å². The van der Waals surface area contributed by atoms with Crippen LogP contribution in [0.3, 0.4) is 0 Å². The van der Waals surface area contributed by atoms with Crippen molar-refractivity contribution < 1.29 is 14.3 Å². The zero-order valence-electron chi connectivity index (χ0n) is 18.3. The number of rotatable bonds is 7. The molecule has 1 aromatic carbocycles. The van der Waals surface area contributed by atoms with Gasteiger partial charge in [-0.05, 0) is 51.0 Å². The molecule has 3 rings (SSSR count). The highest BCUT2D eigenvalue weighted by Gasteiger charge is 2.21. The Balaban J connectivity index is 1.95. The molecule has 9 heteroatoms. The van der Waals surface area contributed by atoms with Crippen molar-refractivity contribution in [3.8, 4) is 5.75 Å². The zero-order valence-corrected chi connectivity index (χ0v) is 19.1. The van der Waals surface area contributed by atoms with E-state index in [1.54, 1.807) is 17.9 Å². The number of benzene rings is 1. The normalized spacial score (nSPS) is 10.9. The van der Waals surface area contributed by atoms with Crippen LogP contribution < -0.4 is 15.6 Å². The second-order valence-electron chi connectivity index (χ2n) is 7.14. The molecular formula is C22H26N4O4S. The Kier molecular flexibility index (Phi) is 6.74. The first kappa shape index (κ1) is 22.5. The van der Waals surface area contributed by atoms with E-state index in [-0.39, 0.29) is 23.9 Å². The lowest BCUT2D eigenvalue weighted by atomic mass is 10.2. The molecule has 0 saturated heterocycles. The van der Waals surface area contributed by atoms with E-state index in [0.717, 1.165) is 16.9 Å². The number of hydrogen-bond acceptors (Lipinski definition) is 6. The Bertz CT molecular complexity index is 1190. The maximum Gasteiger partial charge on any atom is 0.266 e. The van der Waals surface area contributed by atoms with E-state index >= 15 is 0 Å². The molecule has 31 heavy (non-hydrogen) atoms. The van der Waals surface area contributed by atoms with E-state index in [9.17, 15) is 14.4 Å². The van der Waals surface area contributed by atoms with Crippen LogP contribution in [-0.2, 0) is 11.3 Å². The van der Waals surface area contributed by atoms with Crippen LogP contribution in [0.15, 0.2) is 29.3 Å². The fourth-order valence-corrected chi connectivity index (χ4v) is 4.44. The van der Waals surface area contributed by atoms with Gasteiger partial charge in [0.25, 0.3) is 11.5 Å². The molecule has 2 amide bonds. The molecule has 0 saturated carbocycles. The molecule has 8 nitrogen and oxygen atoms in total. The monoisotopic (exact) mass is 442 g/mol. The molecular weight excluding hydrogens is 416 g/mol. The summed E-state index contributed by atoms with van der Waals surface area (Å²) >= 11 is 1.15. The Morgan fingerprint density at radius 2 is 1.94 bits per heavy atom. The number of amides is 2. The second kappa shape index (κ2) is 9.30. The number of thiophene rings is 1. The molecule has 0 aliphatic heterocycles. The number of likely N-dealkylation sites (N-methyl/N-ethyl adjacent to an activating group) is 1. The summed E-state index contributed by atoms with van der Waals surface area (Å²) in [5.41, 5.74) is 1.75. The summed E-state index contributed by atoms with van der Waals surface area (Å²) in [4.78, 5) is 45.3. The summed E-state index contributed by atoms with van der Waals surface area (Å²) in [6, 6.07) is 5.50. The van der Waals surface area contributed by atoms with Crippen LogP contribution in [0, 0.1) is 13.8 Å². The van der Waals surface area contributed by atoms with E-state index in [1.807, 2.05) is 32.9 Å². The van der Waals surface area contributed by atoms with E-state index in [1.165, 1.54) is 18.0 Å². The maximum absolute atomic E-state index is 13.0. The largest absolute Gasteiger partial charge is 0.495 e. The zero-order chi connectivity index (χ0) is 22.7. The molecule has 0 spiro atoms. The molecule has 0 fully saturated rings. The third-order valence-electron chi connectivity index (χ3n) is 5.15. The molecule has 1 N–H and O–H groups in total. The average molecular weight is 443 g/mol. The number of carbonyl (C=O) groups is 2. The van der Waals surface area contributed by atoms with Gasteiger partial charge in [-0.15, -0.1) is 11.3 Å². The first-order chi connectivity index (χ1) is 14.8. The third kappa shape index (κ3) is 4.46. The van der Waals surface area contributed by atoms with Crippen LogP contribution in [0.2, 0.25) is 0 Å². The molecule has 0 unspecified atom stereocenters. The van der Waals surface area contributed by atoms with E-state index in [4.69, 9.17) is 4.74 Å². The van der Waals surface area contributed by atoms with Crippen molar-refractivity contribution in [2.24, 2.45) is 0 Å². The fraction of sp³-hybridized carbons (Fsp3) is 0.364. The summed E-state index contributed by atoms with van der Waals surface area (Å²) in [6.45, 7) is 8.49. The van der Waals surface area contributed by atoms with Crippen molar-refractivity contribution in [1.29, 1.82) is 0 Å². The minimum absolute atomic E-state index is 0.0826. The molecule has 0 radical (unpaired) electrons. The minimum Gasteiger partial charge on any atom is -0.495 e. The number of nitrogens with zero attached hydrogens (tertiary/aromatic N) is 3. The summed E-state index contributed by atoms with van der Waals surface area (Å²) < 4.78 is 6.62.